The number of hydrogen-bond donors (Lipinski definition) is 0. The van der Waals surface area contributed by atoms with Crippen LogP contribution in [0.3, 0.4) is 0 Å². The van der Waals surface area contributed by atoms with Crippen LogP contribution < -0.4 is 19.8 Å². The van der Waals surface area contributed by atoms with Gasteiger partial charge in [-0.25, -0.2) is 4.79 Å². The zero-order valence-electron chi connectivity index (χ0n) is 14.9. The van der Waals surface area contributed by atoms with Gasteiger partial charge in [-0.15, -0.1) is 0 Å². The maximum absolute atomic E-state index is 12.4. The second-order valence-electron chi connectivity index (χ2n) is 5.70. The molecule has 0 unspecified atom stereocenters. The lowest BCUT2D eigenvalue weighted by molar-refractivity contribution is -0.132. The second-order valence-corrected chi connectivity index (χ2v) is 5.70. The molecule has 0 N–H and O–H groups in total. The van der Waals surface area contributed by atoms with Gasteiger partial charge in [-0.3, -0.25) is 9.59 Å². The lowest BCUT2D eigenvalue weighted by atomic mass is 10.1. The third-order valence-electron chi connectivity index (χ3n) is 3.70. The Labute approximate surface area is 154 Å². The van der Waals surface area contributed by atoms with E-state index in [-0.39, 0.29) is 17.1 Å². The van der Waals surface area contributed by atoms with Crippen LogP contribution in [-0.4, -0.2) is 19.0 Å². The molecule has 2 aromatic carbocycles. The molecule has 0 atom stereocenters. The molecule has 0 aliphatic carbocycles. The Morgan fingerprint density at radius 1 is 0.889 bits per heavy atom. The quantitative estimate of drug-likeness (QED) is 0.396. The maximum Gasteiger partial charge on any atom is 0.344 e. The molecule has 7 nitrogen and oxygen atoms in total. The van der Waals surface area contributed by atoms with Gasteiger partial charge in [-0.1, -0.05) is 6.07 Å². The van der Waals surface area contributed by atoms with Crippen molar-refractivity contribution in [2.24, 2.45) is 0 Å². The van der Waals surface area contributed by atoms with Gasteiger partial charge in [0.15, 0.2) is 11.5 Å². The summed E-state index contributed by atoms with van der Waals surface area (Å²) in [6.07, 6.45) is 0. The Kier molecular flexibility index (Phi) is 4.94. The van der Waals surface area contributed by atoms with Gasteiger partial charge in [-0.2, -0.15) is 0 Å². The van der Waals surface area contributed by atoms with Crippen LogP contribution in [0.2, 0.25) is 0 Å². The molecule has 0 saturated carbocycles. The first-order valence-corrected chi connectivity index (χ1v) is 8.00. The van der Waals surface area contributed by atoms with E-state index in [1.165, 1.54) is 33.1 Å². The molecule has 0 amide bonds. The van der Waals surface area contributed by atoms with Crippen LogP contribution in [-0.2, 0) is 9.59 Å². The van der Waals surface area contributed by atoms with Crippen molar-refractivity contribution in [3.05, 3.63) is 52.9 Å². The van der Waals surface area contributed by atoms with E-state index in [0.29, 0.717) is 22.3 Å². The van der Waals surface area contributed by atoms with Crippen molar-refractivity contribution in [2.45, 2.75) is 13.8 Å². The van der Waals surface area contributed by atoms with Crippen LogP contribution >= 0.6 is 0 Å². The predicted octanol–water partition coefficient (Wildman–Crippen LogP) is 3.32. The monoisotopic (exact) mass is 368 g/mol. The van der Waals surface area contributed by atoms with Crippen LogP contribution in [0, 0.1) is 0 Å². The van der Waals surface area contributed by atoms with Gasteiger partial charge >= 0.3 is 17.6 Å². The van der Waals surface area contributed by atoms with Gasteiger partial charge in [0.25, 0.3) is 0 Å². The lowest BCUT2D eigenvalue weighted by Crippen LogP contribution is -2.06. The molecule has 27 heavy (non-hydrogen) atoms. The summed E-state index contributed by atoms with van der Waals surface area (Å²) in [6, 6.07) is 11.2. The molecule has 3 aromatic rings. The van der Waals surface area contributed by atoms with E-state index in [9.17, 15) is 14.4 Å². The molecule has 0 bridgehead atoms. The normalized spacial score (nSPS) is 10.5. The summed E-state index contributed by atoms with van der Waals surface area (Å²) < 4.78 is 20.6. The summed E-state index contributed by atoms with van der Waals surface area (Å²) in [6.45, 7) is 2.56. The largest absolute Gasteiger partial charge is 0.493 e. The van der Waals surface area contributed by atoms with Gasteiger partial charge in [0, 0.05) is 25.3 Å². The molecule has 3 rings (SSSR count). The number of methoxy groups -OCH3 is 1. The molecule has 0 saturated heterocycles. The van der Waals surface area contributed by atoms with Gasteiger partial charge in [-0.05, 0) is 35.9 Å². The SMILES string of the molecule is COc1ccc(-c2cc3ccc(OC(C)=O)cc3oc2=O)cc1OC(C)=O. The van der Waals surface area contributed by atoms with Crippen LogP contribution in [0.4, 0.5) is 0 Å². The highest BCUT2D eigenvalue weighted by Crippen LogP contribution is 2.33. The number of ether oxygens (including phenoxy) is 3. The van der Waals surface area contributed by atoms with E-state index in [1.807, 2.05) is 0 Å². The standard InChI is InChI=1S/C20H16O7/c1-11(21)25-15-6-4-14-8-16(20(23)27-18(14)10-15)13-5-7-17(24-3)19(9-13)26-12(2)22/h4-10H,1-3H3. The summed E-state index contributed by atoms with van der Waals surface area (Å²) in [5.41, 5.74) is 0.503. The first-order valence-electron chi connectivity index (χ1n) is 8.00. The van der Waals surface area contributed by atoms with Crippen molar-refractivity contribution < 1.29 is 28.2 Å². The molecule has 1 aromatic heterocycles. The van der Waals surface area contributed by atoms with Gasteiger partial charge in [0.05, 0.1) is 12.7 Å². The molecular formula is C20H16O7. The number of rotatable bonds is 4. The number of fused-ring (bicyclic) bond motifs is 1. The molecular weight excluding hydrogens is 352 g/mol. The molecule has 0 aliphatic rings. The van der Waals surface area contributed by atoms with Crippen LogP contribution in [0.15, 0.2) is 51.7 Å². The smallest absolute Gasteiger partial charge is 0.344 e. The molecule has 0 aliphatic heterocycles. The van der Waals surface area contributed by atoms with Crippen LogP contribution in [0.25, 0.3) is 22.1 Å². The predicted molar refractivity (Wildman–Crippen MR) is 97.1 cm³/mol. The molecule has 7 heteroatoms. The highest BCUT2D eigenvalue weighted by Gasteiger charge is 2.14. The fourth-order valence-electron chi connectivity index (χ4n) is 2.60. The second kappa shape index (κ2) is 7.33. The van der Waals surface area contributed by atoms with Crippen molar-refractivity contribution in [2.75, 3.05) is 7.11 Å². The third-order valence-corrected chi connectivity index (χ3v) is 3.70. The zero-order chi connectivity index (χ0) is 19.6. The highest BCUT2D eigenvalue weighted by atomic mass is 16.6. The molecule has 138 valence electrons. The van der Waals surface area contributed by atoms with E-state index >= 15 is 0 Å². The Bertz CT molecular complexity index is 1100. The molecule has 0 spiro atoms. The number of carbonyl (C=O) groups excluding carboxylic acids is 2. The minimum Gasteiger partial charge on any atom is -0.493 e. The average molecular weight is 368 g/mol. The van der Waals surface area contributed by atoms with Crippen molar-refractivity contribution in [1.29, 1.82) is 0 Å². The summed E-state index contributed by atoms with van der Waals surface area (Å²) in [5, 5.41) is 0.644. The van der Waals surface area contributed by atoms with Crippen molar-refractivity contribution in [3.8, 4) is 28.4 Å². The zero-order valence-corrected chi connectivity index (χ0v) is 14.9. The minimum absolute atomic E-state index is 0.201. The van der Waals surface area contributed by atoms with E-state index in [2.05, 4.69) is 0 Å². The van der Waals surface area contributed by atoms with Gasteiger partial charge in [0.1, 0.15) is 11.3 Å². The topological polar surface area (TPSA) is 92.0 Å². The lowest BCUT2D eigenvalue weighted by Gasteiger charge is -2.10. The third kappa shape index (κ3) is 3.98. The number of benzene rings is 2. The van der Waals surface area contributed by atoms with Crippen molar-refractivity contribution in [3.63, 3.8) is 0 Å². The van der Waals surface area contributed by atoms with Crippen LogP contribution in [0.5, 0.6) is 17.2 Å². The van der Waals surface area contributed by atoms with E-state index in [0.717, 1.165) is 0 Å². The summed E-state index contributed by atoms with van der Waals surface area (Å²) in [5.74, 6) is -0.122. The highest BCUT2D eigenvalue weighted by molar-refractivity contribution is 5.84. The average Bonchev–Trinajstić information content (AvgIpc) is 2.60. The molecule has 0 radical (unpaired) electrons. The van der Waals surface area contributed by atoms with E-state index in [1.54, 1.807) is 30.3 Å². The first-order chi connectivity index (χ1) is 12.9. The van der Waals surface area contributed by atoms with Crippen LogP contribution in [0.1, 0.15) is 13.8 Å². The maximum atomic E-state index is 12.4. The van der Waals surface area contributed by atoms with Crippen molar-refractivity contribution in [1.82, 2.24) is 0 Å². The summed E-state index contributed by atoms with van der Waals surface area (Å²) in [7, 11) is 1.45. The summed E-state index contributed by atoms with van der Waals surface area (Å²) >= 11 is 0. The Morgan fingerprint density at radius 3 is 2.30 bits per heavy atom. The Hall–Kier alpha value is -3.61. The van der Waals surface area contributed by atoms with E-state index in [4.69, 9.17) is 18.6 Å². The minimum atomic E-state index is -0.582. The molecule has 0 fully saturated rings. The fraction of sp³-hybridized carbons (Fsp3) is 0.150. The number of hydrogen-bond acceptors (Lipinski definition) is 7. The number of carbonyl (C=O) groups is 2. The molecule has 1 heterocycles. The van der Waals surface area contributed by atoms with E-state index < -0.39 is 17.6 Å². The van der Waals surface area contributed by atoms with Gasteiger partial charge in [0.2, 0.25) is 0 Å². The summed E-state index contributed by atoms with van der Waals surface area (Å²) in [4.78, 5) is 34.8. The number of esters is 2. The Balaban J connectivity index is 2.09. The van der Waals surface area contributed by atoms with Gasteiger partial charge < -0.3 is 18.6 Å². The fourth-order valence-corrected chi connectivity index (χ4v) is 2.60. The Morgan fingerprint density at radius 2 is 1.63 bits per heavy atom. The van der Waals surface area contributed by atoms with Crippen molar-refractivity contribution >= 4 is 22.9 Å². The first kappa shape index (κ1) is 18.2.